The second-order valence-electron chi connectivity index (χ2n) is 12.2. The number of carbonyl (C=O) groups is 1. The zero-order valence-corrected chi connectivity index (χ0v) is 20.4. The predicted octanol–water partition coefficient (Wildman–Crippen LogP) is 4.74. The molecule has 4 aliphatic rings. The molecule has 0 aromatic rings. The molecule has 4 aliphatic carbocycles. The number of hydrogen-bond acceptors (Lipinski definition) is 4. The maximum absolute atomic E-state index is 11.1. The second kappa shape index (κ2) is 8.39. The molecule has 0 saturated heterocycles. The van der Waals surface area contributed by atoms with Crippen LogP contribution >= 0.6 is 0 Å². The molecule has 4 N–H and O–H groups in total. The van der Waals surface area contributed by atoms with Gasteiger partial charge in [0.15, 0.2) is 5.79 Å². The third-order valence-corrected chi connectivity index (χ3v) is 11.1. The van der Waals surface area contributed by atoms with Gasteiger partial charge in [-0.2, -0.15) is 0 Å². The molecule has 4 rings (SSSR count). The molecule has 0 bridgehead atoms. The smallest absolute Gasteiger partial charge is 0.330 e. The standard InChI is InChI=1S/C27H44O5/c1-16(6-5-7-17(2)24(29)30)20-11-12-21-19-10-8-18-9-13-23(28)27(31,32)26(18,4)22(19)14-15-25(20,21)3/h7,16,18-23,28,31-32H,5-6,8-15H2,1-4H3,(H,29,30)/b17-7+/t16-,18-,19+,20-,21+,22+,23?,25-,26+/m1/s1. The molecule has 0 radical (unpaired) electrons. The van der Waals surface area contributed by atoms with E-state index in [2.05, 4.69) is 20.8 Å². The quantitative estimate of drug-likeness (QED) is 0.360. The molecule has 182 valence electrons. The van der Waals surface area contributed by atoms with Gasteiger partial charge in [-0.15, -0.1) is 0 Å². The first kappa shape index (κ1) is 24.2. The molecule has 9 atom stereocenters. The van der Waals surface area contributed by atoms with Crippen LogP contribution in [0.15, 0.2) is 11.6 Å². The van der Waals surface area contributed by atoms with Crippen molar-refractivity contribution in [2.75, 3.05) is 0 Å². The van der Waals surface area contributed by atoms with Crippen LogP contribution in [0.25, 0.3) is 0 Å². The van der Waals surface area contributed by atoms with Crippen molar-refractivity contribution >= 4 is 5.97 Å². The zero-order chi connectivity index (χ0) is 23.5. The largest absolute Gasteiger partial charge is 0.478 e. The first-order valence-electron chi connectivity index (χ1n) is 13.0. The molecule has 0 amide bonds. The van der Waals surface area contributed by atoms with E-state index >= 15 is 0 Å². The van der Waals surface area contributed by atoms with Crippen LogP contribution in [-0.4, -0.2) is 38.3 Å². The highest BCUT2D eigenvalue weighted by atomic mass is 16.5. The van der Waals surface area contributed by atoms with Gasteiger partial charge in [0.1, 0.15) is 6.10 Å². The topological polar surface area (TPSA) is 98.0 Å². The minimum absolute atomic E-state index is 0.263. The highest BCUT2D eigenvalue weighted by Crippen LogP contribution is 2.69. The third kappa shape index (κ3) is 3.49. The lowest BCUT2D eigenvalue weighted by Crippen LogP contribution is -2.68. The summed E-state index contributed by atoms with van der Waals surface area (Å²) in [6.45, 7) is 8.56. The fourth-order valence-electron chi connectivity index (χ4n) is 9.19. The molecular weight excluding hydrogens is 404 g/mol. The van der Waals surface area contributed by atoms with Gasteiger partial charge in [0.05, 0.1) is 0 Å². The van der Waals surface area contributed by atoms with Crippen LogP contribution in [0.4, 0.5) is 0 Å². The average molecular weight is 449 g/mol. The number of hydrogen-bond donors (Lipinski definition) is 4. The number of allylic oxidation sites excluding steroid dienone is 1. The molecule has 32 heavy (non-hydrogen) atoms. The molecule has 0 aromatic heterocycles. The number of rotatable bonds is 5. The van der Waals surface area contributed by atoms with E-state index in [0.717, 1.165) is 38.5 Å². The highest BCUT2D eigenvalue weighted by Gasteiger charge is 2.67. The lowest BCUT2D eigenvalue weighted by atomic mass is 9.43. The van der Waals surface area contributed by atoms with Crippen molar-refractivity contribution in [3.05, 3.63) is 11.6 Å². The molecular formula is C27H44O5. The minimum atomic E-state index is -1.99. The maximum atomic E-state index is 11.1. The van der Waals surface area contributed by atoms with Gasteiger partial charge in [0.2, 0.25) is 0 Å². The maximum Gasteiger partial charge on any atom is 0.330 e. The Kier molecular flexibility index (Phi) is 6.35. The zero-order valence-electron chi connectivity index (χ0n) is 20.4. The van der Waals surface area contributed by atoms with Crippen LogP contribution in [-0.2, 0) is 4.79 Å². The summed E-state index contributed by atoms with van der Waals surface area (Å²) in [5.41, 5.74) is 0.0814. The molecule has 5 nitrogen and oxygen atoms in total. The van der Waals surface area contributed by atoms with Crippen molar-refractivity contribution in [2.24, 2.45) is 46.3 Å². The lowest BCUT2D eigenvalue weighted by molar-refractivity contribution is -0.349. The number of carboxylic acid groups (broad SMARTS) is 1. The van der Waals surface area contributed by atoms with Crippen LogP contribution in [0.3, 0.4) is 0 Å². The van der Waals surface area contributed by atoms with E-state index in [-0.39, 0.29) is 17.3 Å². The Morgan fingerprint density at radius 3 is 2.41 bits per heavy atom. The summed E-state index contributed by atoms with van der Waals surface area (Å²) in [5, 5.41) is 41.8. The summed E-state index contributed by atoms with van der Waals surface area (Å²) in [6.07, 6.45) is 10.8. The van der Waals surface area contributed by atoms with Crippen molar-refractivity contribution in [3.63, 3.8) is 0 Å². The molecule has 0 aromatic carbocycles. The Bertz CT molecular complexity index is 759. The van der Waals surface area contributed by atoms with Crippen molar-refractivity contribution in [1.82, 2.24) is 0 Å². The Morgan fingerprint density at radius 1 is 1.03 bits per heavy atom. The van der Waals surface area contributed by atoms with Crippen LogP contribution < -0.4 is 0 Å². The van der Waals surface area contributed by atoms with E-state index in [1.165, 1.54) is 19.3 Å². The first-order valence-corrected chi connectivity index (χ1v) is 13.0. The molecule has 4 saturated carbocycles. The summed E-state index contributed by atoms with van der Waals surface area (Å²) in [5.74, 6) is 0.0335. The van der Waals surface area contributed by atoms with E-state index in [1.54, 1.807) is 6.92 Å². The molecule has 0 spiro atoms. The Hall–Kier alpha value is -0.910. The van der Waals surface area contributed by atoms with E-state index in [0.29, 0.717) is 35.7 Å². The number of carboxylic acids is 1. The fraction of sp³-hybridized carbons (Fsp3) is 0.889. The molecule has 0 aliphatic heterocycles. The van der Waals surface area contributed by atoms with Crippen molar-refractivity contribution < 1.29 is 25.2 Å². The van der Waals surface area contributed by atoms with Crippen LogP contribution in [0, 0.1) is 46.3 Å². The Morgan fingerprint density at radius 2 is 1.72 bits per heavy atom. The van der Waals surface area contributed by atoms with Gasteiger partial charge in [-0.05, 0) is 112 Å². The normalized spacial score (nSPS) is 46.7. The van der Waals surface area contributed by atoms with Gasteiger partial charge in [0, 0.05) is 11.0 Å². The van der Waals surface area contributed by atoms with Crippen molar-refractivity contribution in [3.8, 4) is 0 Å². The van der Waals surface area contributed by atoms with E-state index in [9.17, 15) is 20.1 Å². The van der Waals surface area contributed by atoms with Crippen molar-refractivity contribution in [2.45, 2.75) is 104 Å². The lowest BCUT2D eigenvalue weighted by Gasteiger charge is -2.64. The third-order valence-electron chi connectivity index (χ3n) is 11.1. The van der Waals surface area contributed by atoms with Crippen LogP contribution in [0.2, 0.25) is 0 Å². The fourth-order valence-corrected chi connectivity index (χ4v) is 9.19. The summed E-state index contributed by atoms with van der Waals surface area (Å²) in [7, 11) is 0. The van der Waals surface area contributed by atoms with Gasteiger partial charge >= 0.3 is 5.97 Å². The number of aliphatic carboxylic acids is 1. The molecule has 0 heterocycles. The number of fused-ring (bicyclic) bond motifs is 5. The Balaban J connectivity index is 1.51. The second-order valence-corrected chi connectivity index (χ2v) is 12.2. The monoisotopic (exact) mass is 448 g/mol. The highest BCUT2D eigenvalue weighted by molar-refractivity contribution is 5.85. The van der Waals surface area contributed by atoms with Crippen LogP contribution in [0.5, 0.6) is 0 Å². The van der Waals surface area contributed by atoms with E-state index < -0.39 is 23.3 Å². The van der Waals surface area contributed by atoms with Crippen LogP contribution in [0.1, 0.15) is 91.9 Å². The number of aliphatic hydroxyl groups is 3. The molecule has 4 fully saturated rings. The van der Waals surface area contributed by atoms with Gasteiger partial charge in [-0.1, -0.05) is 26.8 Å². The van der Waals surface area contributed by atoms with Gasteiger partial charge in [0.25, 0.3) is 0 Å². The van der Waals surface area contributed by atoms with Gasteiger partial charge < -0.3 is 20.4 Å². The molecule has 5 heteroatoms. The summed E-state index contributed by atoms with van der Waals surface area (Å²) in [4.78, 5) is 11.1. The first-order chi connectivity index (χ1) is 14.9. The van der Waals surface area contributed by atoms with Gasteiger partial charge in [-0.25, -0.2) is 4.79 Å². The summed E-state index contributed by atoms with van der Waals surface area (Å²) in [6, 6.07) is 0. The van der Waals surface area contributed by atoms with Crippen molar-refractivity contribution in [1.29, 1.82) is 0 Å². The SMILES string of the molecule is C/C(=C\CC[C@@H](C)[C@H]1CC[C@H]2[C@@H]3CC[C@@H]4CCC(O)C(O)(O)[C@]4(C)[C@H]3CC[C@]12C)C(=O)O. The molecule has 1 unspecified atom stereocenters. The van der Waals surface area contributed by atoms with E-state index in [4.69, 9.17) is 5.11 Å². The average Bonchev–Trinajstić information content (AvgIpc) is 3.09. The predicted molar refractivity (Wildman–Crippen MR) is 124 cm³/mol. The number of aliphatic hydroxyl groups excluding tert-OH is 1. The summed E-state index contributed by atoms with van der Waals surface area (Å²) >= 11 is 0. The minimum Gasteiger partial charge on any atom is -0.478 e. The Labute approximate surface area is 193 Å². The van der Waals surface area contributed by atoms with Gasteiger partial charge in [-0.3, -0.25) is 0 Å². The van der Waals surface area contributed by atoms with E-state index in [1.807, 2.05) is 6.08 Å². The summed E-state index contributed by atoms with van der Waals surface area (Å²) < 4.78 is 0.